The first-order valence-electron chi connectivity index (χ1n) is 10.00. The highest BCUT2D eigenvalue weighted by Gasteiger charge is 2.22. The summed E-state index contributed by atoms with van der Waals surface area (Å²) >= 11 is 0. The second kappa shape index (κ2) is 10.2. The summed E-state index contributed by atoms with van der Waals surface area (Å²) in [6, 6.07) is 11.2. The largest absolute Gasteiger partial charge is 0.493 e. The molecular formula is C23H27FN2O4. The van der Waals surface area contributed by atoms with E-state index < -0.39 is 0 Å². The Morgan fingerprint density at radius 3 is 2.33 bits per heavy atom. The number of nitrogens with zero attached hydrogens (tertiary/aromatic N) is 1. The van der Waals surface area contributed by atoms with E-state index in [1.807, 2.05) is 12.1 Å². The number of carbonyl (C=O) groups is 2. The molecule has 1 fully saturated rings. The first kappa shape index (κ1) is 21.8. The van der Waals surface area contributed by atoms with Gasteiger partial charge in [0.15, 0.2) is 17.3 Å². The van der Waals surface area contributed by atoms with Gasteiger partial charge >= 0.3 is 0 Å². The van der Waals surface area contributed by atoms with Crippen LogP contribution in [-0.2, 0) is 11.2 Å². The standard InChI is InChI=1S/C23H27FN2O4/c1-29-21-8-3-16(13-22(21)30-2)14-23(28)25-19-9-11-26(12-10-19)15-20(27)17-4-6-18(24)7-5-17/h3-8,13,19H,9-12,14-15H2,1-2H3,(H,25,28). The molecule has 0 aliphatic carbocycles. The van der Waals surface area contributed by atoms with E-state index in [1.54, 1.807) is 20.3 Å². The molecule has 3 rings (SSSR count). The number of ether oxygens (including phenoxy) is 2. The van der Waals surface area contributed by atoms with E-state index in [2.05, 4.69) is 10.2 Å². The van der Waals surface area contributed by atoms with Crippen molar-refractivity contribution < 1.29 is 23.5 Å². The van der Waals surface area contributed by atoms with Crippen LogP contribution in [0.15, 0.2) is 42.5 Å². The van der Waals surface area contributed by atoms with Crippen LogP contribution in [0.2, 0.25) is 0 Å². The first-order valence-corrected chi connectivity index (χ1v) is 10.00. The van der Waals surface area contributed by atoms with Gasteiger partial charge < -0.3 is 14.8 Å². The van der Waals surface area contributed by atoms with Crippen molar-refractivity contribution in [2.24, 2.45) is 0 Å². The van der Waals surface area contributed by atoms with E-state index in [0.29, 0.717) is 23.6 Å². The molecule has 2 aromatic rings. The van der Waals surface area contributed by atoms with Crippen LogP contribution < -0.4 is 14.8 Å². The summed E-state index contributed by atoms with van der Waals surface area (Å²) in [6.07, 6.45) is 1.84. The predicted octanol–water partition coefficient (Wildman–Crippen LogP) is 2.85. The molecule has 0 atom stereocenters. The van der Waals surface area contributed by atoms with Crippen LogP contribution in [0.5, 0.6) is 11.5 Å². The van der Waals surface area contributed by atoms with E-state index in [1.165, 1.54) is 24.3 Å². The highest BCUT2D eigenvalue weighted by molar-refractivity contribution is 5.97. The summed E-state index contributed by atoms with van der Waals surface area (Å²) in [5.74, 6) is 0.816. The number of amides is 1. The Morgan fingerprint density at radius 2 is 1.70 bits per heavy atom. The highest BCUT2D eigenvalue weighted by Crippen LogP contribution is 2.27. The lowest BCUT2D eigenvalue weighted by Gasteiger charge is -2.31. The molecular weight excluding hydrogens is 387 g/mol. The number of carbonyl (C=O) groups excluding carboxylic acids is 2. The zero-order valence-electron chi connectivity index (χ0n) is 17.3. The summed E-state index contributed by atoms with van der Waals surface area (Å²) in [5, 5.41) is 3.08. The van der Waals surface area contributed by atoms with Crippen LogP contribution in [0.3, 0.4) is 0 Å². The number of benzene rings is 2. The first-order chi connectivity index (χ1) is 14.5. The van der Waals surface area contributed by atoms with Gasteiger partial charge in [0.1, 0.15) is 5.82 Å². The molecule has 7 heteroatoms. The average molecular weight is 414 g/mol. The van der Waals surface area contributed by atoms with Crippen LogP contribution in [-0.4, -0.2) is 56.5 Å². The summed E-state index contributed by atoms with van der Waals surface area (Å²) in [7, 11) is 3.14. The number of nitrogens with one attached hydrogen (secondary N) is 1. The third-order valence-electron chi connectivity index (χ3n) is 5.30. The van der Waals surface area contributed by atoms with Crippen molar-refractivity contribution in [2.45, 2.75) is 25.3 Å². The fraction of sp³-hybridized carbons (Fsp3) is 0.391. The molecule has 1 N–H and O–H groups in total. The third-order valence-corrected chi connectivity index (χ3v) is 5.30. The maximum Gasteiger partial charge on any atom is 0.224 e. The Labute approximate surface area is 176 Å². The molecule has 0 unspecified atom stereocenters. The van der Waals surface area contributed by atoms with Gasteiger partial charge in [-0.2, -0.15) is 0 Å². The van der Waals surface area contributed by atoms with Crippen molar-refractivity contribution in [1.82, 2.24) is 10.2 Å². The lowest BCUT2D eigenvalue weighted by atomic mass is 10.0. The maximum absolute atomic E-state index is 13.0. The number of halogens is 1. The minimum atomic E-state index is -0.351. The highest BCUT2D eigenvalue weighted by atomic mass is 19.1. The summed E-state index contributed by atoms with van der Waals surface area (Å²) < 4.78 is 23.5. The Hall–Kier alpha value is -2.93. The van der Waals surface area contributed by atoms with Crippen LogP contribution in [0, 0.1) is 5.82 Å². The zero-order valence-corrected chi connectivity index (χ0v) is 17.3. The Balaban J connectivity index is 1.44. The number of Topliss-reactive ketones (excluding diaryl/α,β-unsaturated/α-hetero) is 1. The molecule has 1 aliphatic heterocycles. The smallest absolute Gasteiger partial charge is 0.224 e. The van der Waals surface area contributed by atoms with Gasteiger partial charge in [-0.1, -0.05) is 6.07 Å². The van der Waals surface area contributed by atoms with Gasteiger partial charge in [-0.05, 0) is 54.8 Å². The molecule has 0 aromatic heterocycles. The summed E-state index contributed by atoms with van der Waals surface area (Å²) in [5.41, 5.74) is 1.37. The minimum Gasteiger partial charge on any atom is -0.493 e. The number of hydrogen-bond acceptors (Lipinski definition) is 5. The van der Waals surface area contributed by atoms with Crippen LogP contribution >= 0.6 is 0 Å². The van der Waals surface area contributed by atoms with Gasteiger partial charge in [-0.15, -0.1) is 0 Å². The van der Waals surface area contributed by atoms with Crippen molar-refractivity contribution in [3.8, 4) is 11.5 Å². The van der Waals surface area contributed by atoms with Crippen LogP contribution in [0.25, 0.3) is 0 Å². The number of methoxy groups -OCH3 is 2. The van der Waals surface area contributed by atoms with Crippen molar-refractivity contribution in [3.63, 3.8) is 0 Å². The van der Waals surface area contributed by atoms with Crippen LogP contribution in [0.1, 0.15) is 28.8 Å². The SMILES string of the molecule is COc1ccc(CC(=O)NC2CCN(CC(=O)c3ccc(F)cc3)CC2)cc1OC. The number of rotatable bonds is 8. The number of ketones is 1. The molecule has 6 nitrogen and oxygen atoms in total. The average Bonchev–Trinajstić information content (AvgIpc) is 2.75. The molecule has 0 saturated carbocycles. The Morgan fingerprint density at radius 1 is 1.03 bits per heavy atom. The Bertz CT molecular complexity index is 877. The van der Waals surface area contributed by atoms with Crippen molar-refractivity contribution in [3.05, 3.63) is 59.4 Å². The van der Waals surface area contributed by atoms with Crippen molar-refractivity contribution in [1.29, 1.82) is 0 Å². The van der Waals surface area contributed by atoms with Gasteiger partial charge in [0.05, 0.1) is 27.2 Å². The normalized spacial score (nSPS) is 14.9. The maximum atomic E-state index is 13.0. The van der Waals surface area contributed by atoms with E-state index in [-0.39, 0.29) is 30.0 Å². The molecule has 1 saturated heterocycles. The number of likely N-dealkylation sites (tertiary alicyclic amines) is 1. The van der Waals surface area contributed by atoms with E-state index in [0.717, 1.165) is 31.5 Å². The van der Waals surface area contributed by atoms with E-state index in [4.69, 9.17) is 9.47 Å². The zero-order chi connectivity index (χ0) is 21.5. The lowest BCUT2D eigenvalue weighted by molar-refractivity contribution is -0.121. The fourth-order valence-corrected chi connectivity index (χ4v) is 3.62. The van der Waals surface area contributed by atoms with Gasteiger partial charge in [-0.25, -0.2) is 4.39 Å². The van der Waals surface area contributed by atoms with Crippen LogP contribution in [0.4, 0.5) is 4.39 Å². The molecule has 160 valence electrons. The van der Waals surface area contributed by atoms with Crippen molar-refractivity contribution >= 4 is 11.7 Å². The summed E-state index contributed by atoms with van der Waals surface area (Å²) in [6.45, 7) is 1.76. The number of piperidine rings is 1. The minimum absolute atomic E-state index is 0.0223. The molecule has 0 spiro atoms. The number of hydrogen-bond donors (Lipinski definition) is 1. The fourth-order valence-electron chi connectivity index (χ4n) is 3.62. The molecule has 1 amide bonds. The van der Waals surface area contributed by atoms with Gasteiger partial charge in [0.2, 0.25) is 5.91 Å². The van der Waals surface area contributed by atoms with Gasteiger partial charge in [0.25, 0.3) is 0 Å². The molecule has 30 heavy (non-hydrogen) atoms. The van der Waals surface area contributed by atoms with E-state index in [9.17, 15) is 14.0 Å². The predicted molar refractivity (Wildman–Crippen MR) is 112 cm³/mol. The topological polar surface area (TPSA) is 67.9 Å². The molecule has 2 aromatic carbocycles. The van der Waals surface area contributed by atoms with Gasteiger partial charge in [-0.3, -0.25) is 14.5 Å². The van der Waals surface area contributed by atoms with Crippen molar-refractivity contribution in [2.75, 3.05) is 33.9 Å². The van der Waals surface area contributed by atoms with Gasteiger partial charge in [0, 0.05) is 24.7 Å². The second-order valence-electron chi connectivity index (χ2n) is 7.41. The molecule has 1 aliphatic rings. The third kappa shape index (κ3) is 5.79. The summed E-state index contributed by atoms with van der Waals surface area (Å²) in [4.78, 5) is 26.8. The lowest BCUT2D eigenvalue weighted by Crippen LogP contribution is -2.46. The quantitative estimate of drug-likeness (QED) is 0.673. The molecule has 0 bridgehead atoms. The van der Waals surface area contributed by atoms with E-state index >= 15 is 0 Å². The molecule has 0 radical (unpaired) electrons. The monoisotopic (exact) mass is 414 g/mol. The molecule has 1 heterocycles. The Kier molecular flexibility index (Phi) is 7.41. The second-order valence-corrected chi connectivity index (χ2v) is 7.41.